The summed E-state index contributed by atoms with van der Waals surface area (Å²) in [6, 6.07) is 9.59. The van der Waals surface area contributed by atoms with E-state index in [1.807, 2.05) is 0 Å². The van der Waals surface area contributed by atoms with Gasteiger partial charge in [-0.15, -0.1) is 0 Å². The minimum absolute atomic E-state index is 0.01000. The molecule has 1 atom stereocenters. The Balaban J connectivity index is 1.60. The standard InChI is InChI=1S/C19H20FNO4/c20-16-6-2-1-5-15(16)17-9-7-14(25-17)8-10-18(22)21-11-3-4-13(21)12-19(23)24/h1-2,5-7,9,13H,3-4,8,10-12H2,(H,23,24). The van der Waals surface area contributed by atoms with Crippen molar-refractivity contribution in [3.8, 4) is 11.3 Å². The number of nitrogens with zero attached hydrogens (tertiary/aromatic N) is 1. The number of carboxylic acids is 1. The van der Waals surface area contributed by atoms with Crippen molar-refractivity contribution in [1.29, 1.82) is 0 Å². The average Bonchev–Trinajstić information content (AvgIpc) is 3.22. The van der Waals surface area contributed by atoms with Gasteiger partial charge < -0.3 is 14.4 Å². The van der Waals surface area contributed by atoms with E-state index in [9.17, 15) is 14.0 Å². The molecule has 0 bridgehead atoms. The van der Waals surface area contributed by atoms with Crippen molar-refractivity contribution >= 4 is 11.9 Å². The highest BCUT2D eigenvalue weighted by molar-refractivity contribution is 5.78. The smallest absolute Gasteiger partial charge is 0.305 e. The highest BCUT2D eigenvalue weighted by atomic mass is 19.1. The molecule has 0 spiro atoms. The molecular weight excluding hydrogens is 325 g/mol. The third-order valence-corrected chi connectivity index (χ3v) is 4.49. The first-order chi connectivity index (χ1) is 12.0. The number of aryl methyl sites for hydroxylation is 1. The largest absolute Gasteiger partial charge is 0.481 e. The van der Waals surface area contributed by atoms with Crippen LogP contribution in [0.3, 0.4) is 0 Å². The van der Waals surface area contributed by atoms with Gasteiger partial charge in [0.1, 0.15) is 17.3 Å². The van der Waals surface area contributed by atoms with Gasteiger partial charge in [-0.3, -0.25) is 9.59 Å². The summed E-state index contributed by atoms with van der Waals surface area (Å²) in [7, 11) is 0. The number of carbonyl (C=O) groups excluding carboxylic acids is 1. The van der Waals surface area contributed by atoms with Crippen LogP contribution in [0.25, 0.3) is 11.3 Å². The number of hydrogen-bond acceptors (Lipinski definition) is 3. The van der Waals surface area contributed by atoms with Crippen molar-refractivity contribution in [2.24, 2.45) is 0 Å². The Kier molecular flexibility index (Phi) is 5.16. The van der Waals surface area contributed by atoms with Gasteiger partial charge in [0.05, 0.1) is 12.0 Å². The van der Waals surface area contributed by atoms with E-state index in [4.69, 9.17) is 9.52 Å². The molecule has 0 aliphatic carbocycles. The third kappa shape index (κ3) is 4.07. The molecule has 1 aromatic heterocycles. The number of aliphatic carboxylic acids is 1. The zero-order valence-electron chi connectivity index (χ0n) is 13.8. The third-order valence-electron chi connectivity index (χ3n) is 4.49. The molecule has 3 rings (SSSR count). The number of halogens is 1. The van der Waals surface area contributed by atoms with E-state index >= 15 is 0 Å². The summed E-state index contributed by atoms with van der Waals surface area (Å²) < 4.78 is 19.4. The number of amides is 1. The molecule has 6 heteroatoms. The fourth-order valence-corrected chi connectivity index (χ4v) is 3.27. The summed E-state index contributed by atoms with van der Waals surface area (Å²) in [4.78, 5) is 24.9. The van der Waals surface area contributed by atoms with E-state index in [0.29, 0.717) is 30.0 Å². The van der Waals surface area contributed by atoms with Crippen molar-refractivity contribution in [1.82, 2.24) is 4.90 Å². The van der Waals surface area contributed by atoms with Crippen molar-refractivity contribution in [2.45, 2.75) is 38.1 Å². The Labute approximate surface area is 145 Å². The number of likely N-dealkylation sites (tertiary alicyclic amines) is 1. The molecule has 132 valence electrons. The summed E-state index contributed by atoms with van der Waals surface area (Å²) in [5.74, 6) is -0.253. The molecule has 0 radical (unpaired) electrons. The van der Waals surface area contributed by atoms with Crippen molar-refractivity contribution in [2.75, 3.05) is 6.54 Å². The number of hydrogen-bond donors (Lipinski definition) is 1. The number of rotatable bonds is 6. The lowest BCUT2D eigenvalue weighted by Gasteiger charge is -2.23. The van der Waals surface area contributed by atoms with Gasteiger partial charge in [0.15, 0.2) is 0 Å². The van der Waals surface area contributed by atoms with Crippen LogP contribution in [-0.4, -0.2) is 34.5 Å². The van der Waals surface area contributed by atoms with Crippen LogP contribution in [0.4, 0.5) is 4.39 Å². The number of benzene rings is 1. The van der Waals surface area contributed by atoms with Gasteiger partial charge in [0.2, 0.25) is 5.91 Å². The van der Waals surface area contributed by atoms with Crippen molar-refractivity contribution < 1.29 is 23.5 Å². The second-order valence-corrected chi connectivity index (χ2v) is 6.23. The van der Waals surface area contributed by atoms with Crippen LogP contribution in [0.15, 0.2) is 40.8 Å². The predicted octanol–water partition coefficient (Wildman–Crippen LogP) is 3.48. The van der Waals surface area contributed by atoms with Crippen LogP contribution >= 0.6 is 0 Å². The highest BCUT2D eigenvalue weighted by Gasteiger charge is 2.30. The van der Waals surface area contributed by atoms with E-state index < -0.39 is 5.97 Å². The lowest BCUT2D eigenvalue weighted by atomic mass is 10.1. The topological polar surface area (TPSA) is 70.8 Å². The lowest BCUT2D eigenvalue weighted by molar-refractivity contribution is -0.139. The Morgan fingerprint density at radius 3 is 2.80 bits per heavy atom. The minimum Gasteiger partial charge on any atom is -0.481 e. The van der Waals surface area contributed by atoms with E-state index in [2.05, 4.69) is 0 Å². The first-order valence-electron chi connectivity index (χ1n) is 8.39. The normalized spacial score (nSPS) is 17.0. The number of carbonyl (C=O) groups is 2. The quantitative estimate of drug-likeness (QED) is 0.870. The molecule has 2 aromatic rings. The molecule has 0 saturated carbocycles. The molecule has 1 unspecified atom stereocenters. The zero-order valence-corrected chi connectivity index (χ0v) is 13.8. The monoisotopic (exact) mass is 345 g/mol. The first-order valence-corrected chi connectivity index (χ1v) is 8.39. The van der Waals surface area contributed by atoms with Crippen LogP contribution < -0.4 is 0 Å². The molecule has 25 heavy (non-hydrogen) atoms. The van der Waals surface area contributed by atoms with Gasteiger partial charge in [0.25, 0.3) is 0 Å². The van der Waals surface area contributed by atoms with Crippen LogP contribution in [0.1, 0.15) is 31.4 Å². The Morgan fingerprint density at radius 2 is 2.04 bits per heavy atom. The average molecular weight is 345 g/mol. The van der Waals surface area contributed by atoms with Gasteiger partial charge in [-0.25, -0.2) is 4.39 Å². The highest BCUT2D eigenvalue weighted by Crippen LogP contribution is 2.26. The number of furan rings is 1. The molecule has 1 fully saturated rings. The molecule has 1 amide bonds. The van der Waals surface area contributed by atoms with Gasteiger partial charge in [0, 0.05) is 25.4 Å². The summed E-state index contributed by atoms with van der Waals surface area (Å²) >= 11 is 0. The second-order valence-electron chi connectivity index (χ2n) is 6.23. The zero-order chi connectivity index (χ0) is 17.8. The first kappa shape index (κ1) is 17.2. The molecule has 1 N–H and O–H groups in total. The molecule has 1 saturated heterocycles. The van der Waals surface area contributed by atoms with Crippen LogP contribution in [0, 0.1) is 5.82 Å². The summed E-state index contributed by atoms with van der Waals surface area (Å²) in [6.07, 6.45) is 2.21. The molecule has 1 aliphatic rings. The summed E-state index contributed by atoms with van der Waals surface area (Å²) in [5.41, 5.74) is 0.390. The lowest BCUT2D eigenvalue weighted by Crippen LogP contribution is -2.36. The predicted molar refractivity (Wildman–Crippen MR) is 89.4 cm³/mol. The molecular formula is C19H20FNO4. The van der Waals surface area contributed by atoms with E-state index in [1.165, 1.54) is 6.07 Å². The maximum atomic E-state index is 13.8. The second kappa shape index (κ2) is 7.51. The van der Waals surface area contributed by atoms with Crippen molar-refractivity contribution in [3.05, 3.63) is 48.0 Å². The van der Waals surface area contributed by atoms with E-state index in [0.717, 1.165) is 12.8 Å². The summed E-state index contributed by atoms with van der Waals surface area (Å²) in [5, 5.41) is 8.93. The Hall–Kier alpha value is -2.63. The maximum absolute atomic E-state index is 13.8. The SMILES string of the molecule is O=C(O)CC1CCCN1C(=O)CCc1ccc(-c2ccccc2F)o1. The van der Waals surface area contributed by atoms with Crippen molar-refractivity contribution in [3.63, 3.8) is 0 Å². The van der Waals surface area contributed by atoms with Gasteiger partial charge in [-0.05, 0) is 37.1 Å². The molecule has 1 aliphatic heterocycles. The molecule has 2 heterocycles. The Bertz CT molecular complexity index is 770. The van der Waals surface area contributed by atoms with Gasteiger partial charge in [-0.1, -0.05) is 12.1 Å². The molecule has 5 nitrogen and oxygen atoms in total. The fourth-order valence-electron chi connectivity index (χ4n) is 3.27. The van der Waals surface area contributed by atoms with Gasteiger partial charge >= 0.3 is 5.97 Å². The van der Waals surface area contributed by atoms with E-state index in [1.54, 1.807) is 35.2 Å². The van der Waals surface area contributed by atoms with Crippen LogP contribution in [0.2, 0.25) is 0 Å². The van der Waals surface area contributed by atoms with Crippen LogP contribution in [-0.2, 0) is 16.0 Å². The minimum atomic E-state index is -0.884. The van der Waals surface area contributed by atoms with Crippen LogP contribution in [0.5, 0.6) is 0 Å². The maximum Gasteiger partial charge on any atom is 0.305 e. The van der Waals surface area contributed by atoms with E-state index in [-0.39, 0.29) is 30.6 Å². The van der Waals surface area contributed by atoms with Gasteiger partial charge in [-0.2, -0.15) is 0 Å². The number of carboxylic acid groups (broad SMARTS) is 1. The molecule has 1 aromatic carbocycles. The Morgan fingerprint density at radius 1 is 1.24 bits per heavy atom. The fraction of sp³-hybridized carbons (Fsp3) is 0.368. The summed E-state index contributed by atoms with van der Waals surface area (Å²) in [6.45, 7) is 0.607.